The van der Waals surface area contributed by atoms with E-state index in [1.807, 2.05) is 38.5 Å². The van der Waals surface area contributed by atoms with Crippen LogP contribution in [0.5, 0.6) is 0 Å². The van der Waals surface area contributed by atoms with Crippen LogP contribution >= 0.6 is 0 Å². The molecular weight excluding hydrogens is 458 g/mol. The molecule has 5 aromatic rings. The first-order valence-corrected chi connectivity index (χ1v) is 12.1. The van der Waals surface area contributed by atoms with E-state index >= 15 is 0 Å². The van der Waals surface area contributed by atoms with Gasteiger partial charge < -0.3 is 14.5 Å². The summed E-state index contributed by atoms with van der Waals surface area (Å²) >= 11 is 0. The number of aryl methyl sites for hydroxylation is 1. The lowest BCUT2D eigenvalue weighted by Gasteiger charge is -2.30. The second-order valence-electron chi connectivity index (χ2n) is 9.13. The van der Waals surface area contributed by atoms with E-state index in [1.54, 1.807) is 27.8 Å². The van der Waals surface area contributed by atoms with Gasteiger partial charge in [0, 0.05) is 62.0 Å². The zero-order chi connectivity index (χ0) is 24.8. The van der Waals surface area contributed by atoms with Gasteiger partial charge >= 0.3 is 5.69 Å². The highest BCUT2D eigenvalue weighted by molar-refractivity contribution is 6.06. The standard InChI is InChI=1S/C26H27N7O3/c1-4-19-10-18(7-8-35-19)33-23-20-9-16(17-13-30-32(3)14-17)12-29-25(20)36-24(23)22(31-26(33)34)15-5-6-21(27-2)28-11-15/h5-6,9,11-14,18-19H,4,7-8,10H2,1-3H3,(H,27,28)/t18-,19?/m0/s1. The van der Waals surface area contributed by atoms with Crippen LogP contribution in [0.15, 0.2) is 52.2 Å². The van der Waals surface area contributed by atoms with Gasteiger partial charge in [-0.1, -0.05) is 6.92 Å². The zero-order valence-electron chi connectivity index (χ0n) is 20.4. The number of ether oxygens (including phenoxy) is 1. The summed E-state index contributed by atoms with van der Waals surface area (Å²) in [6.45, 7) is 2.70. The predicted molar refractivity (Wildman–Crippen MR) is 137 cm³/mol. The normalized spacial score (nSPS) is 18.2. The summed E-state index contributed by atoms with van der Waals surface area (Å²) in [5.74, 6) is 0.725. The Balaban J connectivity index is 1.63. The molecule has 0 aromatic carbocycles. The molecule has 1 saturated heterocycles. The average Bonchev–Trinajstić information content (AvgIpc) is 3.51. The second kappa shape index (κ2) is 8.87. The fraction of sp³-hybridized carbons (Fsp3) is 0.346. The summed E-state index contributed by atoms with van der Waals surface area (Å²) in [7, 11) is 3.68. The fourth-order valence-electron chi connectivity index (χ4n) is 4.99. The number of rotatable bonds is 5. The summed E-state index contributed by atoms with van der Waals surface area (Å²) < 4.78 is 15.7. The molecule has 10 nitrogen and oxygen atoms in total. The highest BCUT2D eigenvalue weighted by atomic mass is 16.5. The van der Waals surface area contributed by atoms with E-state index in [0.717, 1.165) is 41.6 Å². The molecule has 2 atom stereocenters. The van der Waals surface area contributed by atoms with Gasteiger partial charge in [0.25, 0.3) is 0 Å². The van der Waals surface area contributed by atoms with Crippen LogP contribution in [-0.2, 0) is 11.8 Å². The average molecular weight is 486 g/mol. The van der Waals surface area contributed by atoms with Crippen molar-refractivity contribution in [3.05, 3.63) is 53.5 Å². The Labute approximate surface area is 207 Å². The largest absolute Gasteiger partial charge is 0.434 e. The van der Waals surface area contributed by atoms with Crippen LogP contribution in [0, 0.1) is 0 Å². The van der Waals surface area contributed by atoms with Crippen molar-refractivity contribution in [3.8, 4) is 22.4 Å². The molecule has 6 rings (SSSR count). The van der Waals surface area contributed by atoms with Crippen molar-refractivity contribution in [2.24, 2.45) is 7.05 Å². The number of nitrogens with zero attached hydrogens (tertiary/aromatic N) is 6. The lowest BCUT2D eigenvalue weighted by atomic mass is 10.0. The van der Waals surface area contributed by atoms with Crippen molar-refractivity contribution >= 4 is 28.0 Å². The third kappa shape index (κ3) is 3.74. The Morgan fingerprint density at radius 2 is 2.00 bits per heavy atom. The Morgan fingerprint density at radius 3 is 2.72 bits per heavy atom. The fourth-order valence-corrected chi connectivity index (χ4v) is 4.99. The maximum absolute atomic E-state index is 13.6. The topological polar surface area (TPSA) is 113 Å². The first-order chi connectivity index (χ1) is 17.6. The molecule has 6 heterocycles. The van der Waals surface area contributed by atoms with Gasteiger partial charge in [-0.25, -0.2) is 14.8 Å². The number of fused-ring (bicyclic) bond motifs is 3. The number of aromatic nitrogens is 6. The predicted octanol–water partition coefficient (Wildman–Crippen LogP) is 4.17. The minimum absolute atomic E-state index is 0.0482. The van der Waals surface area contributed by atoms with Crippen molar-refractivity contribution in [1.82, 2.24) is 29.3 Å². The third-order valence-corrected chi connectivity index (χ3v) is 6.88. The van der Waals surface area contributed by atoms with Gasteiger partial charge in [0.2, 0.25) is 5.71 Å². The quantitative estimate of drug-likeness (QED) is 0.395. The van der Waals surface area contributed by atoms with E-state index in [-0.39, 0.29) is 17.8 Å². The smallest absolute Gasteiger partial charge is 0.349 e. The van der Waals surface area contributed by atoms with Gasteiger partial charge in [-0.15, -0.1) is 0 Å². The van der Waals surface area contributed by atoms with E-state index in [9.17, 15) is 4.79 Å². The minimum atomic E-state index is -0.313. The molecule has 0 bridgehead atoms. The summed E-state index contributed by atoms with van der Waals surface area (Å²) in [5, 5.41) is 8.07. The molecular formula is C26H27N7O3. The molecule has 1 unspecified atom stereocenters. The maximum Gasteiger partial charge on any atom is 0.349 e. The van der Waals surface area contributed by atoms with Crippen LogP contribution in [0.3, 0.4) is 0 Å². The molecule has 1 aliphatic rings. The van der Waals surface area contributed by atoms with Crippen molar-refractivity contribution in [2.75, 3.05) is 19.0 Å². The summed E-state index contributed by atoms with van der Waals surface area (Å²) in [6, 6.07) is 5.70. The van der Waals surface area contributed by atoms with Gasteiger partial charge in [-0.2, -0.15) is 10.1 Å². The van der Waals surface area contributed by atoms with Gasteiger partial charge in [-0.05, 0) is 37.5 Å². The highest BCUT2D eigenvalue weighted by Crippen LogP contribution is 2.37. The van der Waals surface area contributed by atoms with Crippen molar-refractivity contribution in [3.63, 3.8) is 0 Å². The molecule has 0 radical (unpaired) electrons. The lowest BCUT2D eigenvalue weighted by molar-refractivity contribution is -0.00709. The molecule has 0 saturated carbocycles. The van der Waals surface area contributed by atoms with Gasteiger partial charge in [-0.3, -0.25) is 9.25 Å². The highest BCUT2D eigenvalue weighted by Gasteiger charge is 2.29. The molecule has 0 spiro atoms. The molecule has 184 valence electrons. The molecule has 1 fully saturated rings. The molecule has 36 heavy (non-hydrogen) atoms. The zero-order valence-corrected chi connectivity index (χ0v) is 20.4. The number of hydrogen-bond acceptors (Lipinski definition) is 8. The number of nitrogens with one attached hydrogen (secondary N) is 1. The van der Waals surface area contributed by atoms with Crippen molar-refractivity contribution in [1.29, 1.82) is 0 Å². The Bertz CT molecular complexity index is 1620. The van der Waals surface area contributed by atoms with Crippen LogP contribution < -0.4 is 11.0 Å². The van der Waals surface area contributed by atoms with E-state index < -0.39 is 0 Å². The van der Waals surface area contributed by atoms with E-state index in [1.165, 1.54) is 0 Å². The number of pyridine rings is 2. The molecule has 5 aromatic heterocycles. The van der Waals surface area contributed by atoms with Crippen LogP contribution in [0.4, 0.5) is 5.82 Å². The molecule has 0 amide bonds. The van der Waals surface area contributed by atoms with Crippen LogP contribution in [0.25, 0.3) is 44.6 Å². The lowest BCUT2D eigenvalue weighted by Crippen LogP contribution is -2.34. The third-order valence-electron chi connectivity index (χ3n) is 6.88. The van der Waals surface area contributed by atoms with Crippen LogP contribution in [0.1, 0.15) is 32.2 Å². The molecule has 10 heteroatoms. The summed E-state index contributed by atoms with van der Waals surface area (Å²) in [6.07, 6.45) is 9.66. The number of furan rings is 1. The maximum atomic E-state index is 13.6. The van der Waals surface area contributed by atoms with Crippen LogP contribution in [-0.4, -0.2) is 49.1 Å². The number of hydrogen-bond donors (Lipinski definition) is 1. The molecule has 0 aliphatic carbocycles. The van der Waals surface area contributed by atoms with Crippen molar-refractivity contribution < 1.29 is 9.15 Å². The van der Waals surface area contributed by atoms with E-state index in [0.29, 0.717) is 34.7 Å². The van der Waals surface area contributed by atoms with Crippen LogP contribution in [0.2, 0.25) is 0 Å². The molecule has 1 N–H and O–H groups in total. The first-order valence-electron chi connectivity index (χ1n) is 12.1. The Morgan fingerprint density at radius 1 is 1.14 bits per heavy atom. The number of anilines is 1. The van der Waals surface area contributed by atoms with Crippen molar-refractivity contribution in [2.45, 2.75) is 38.3 Å². The Kier molecular flexibility index (Phi) is 5.52. The van der Waals surface area contributed by atoms with Gasteiger partial charge in [0.05, 0.1) is 17.7 Å². The van der Waals surface area contributed by atoms with E-state index in [2.05, 4.69) is 32.3 Å². The SMILES string of the molecule is CCC1C[C@@H](n2c(=O)nc(-c3ccc(NC)nc3)c3oc4ncc(-c5cnn(C)c5)cc4c32)CCO1. The van der Waals surface area contributed by atoms with Gasteiger partial charge in [0.15, 0.2) is 5.58 Å². The molecule has 1 aliphatic heterocycles. The van der Waals surface area contributed by atoms with Gasteiger partial charge in [0.1, 0.15) is 17.0 Å². The monoisotopic (exact) mass is 485 g/mol. The Hall–Kier alpha value is -4.05. The first kappa shape index (κ1) is 22.4. The second-order valence-corrected chi connectivity index (χ2v) is 9.13. The van der Waals surface area contributed by atoms with E-state index in [4.69, 9.17) is 9.15 Å². The summed E-state index contributed by atoms with van der Waals surface area (Å²) in [4.78, 5) is 27.2. The minimum Gasteiger partial charge on any atom is -0.434 e. The summed E-state index contributed by atoms with van der Waals surface area (Å²) in [5.41, 5.74) is 4.37.